The van der Waals surface area contributed by atoms with Crippen molar-refractivity contribution >= 4 is 17.5 Å². The molecule has 1 saturated carbocycles. The van der Waals surface area contributed by atoms with Crippen LogP contribution in [0.25, 0.3) is 0 Å². The monoisotopic (exact) mass is 326 g/mol. The number of hydrogen-bond acceptors (Lipinski definition) is 2. The summed E-state index contributed by atoms with van der Waals surface area (Å²) in [4.78, 5) is 24.0. The third-order valence-corrected chi connectivity index (χ3v) is 4.50. The quantitative estimate of drug-likeness (QED) is 0.849. The lowest BCUT2D eigenvalue weighted by Crippen LogP contribution is -2.39. The molecule has 2 aromatic carbocycles. The first-order valence-electron chi connectivity index (χ1n) is 7.91. The third kappa shape index (κ3) is 3.45. The molecular weight excluding hydrogens is 307 g/mol. The minimum atomic E-state index is -0.681. The highest BCUT2D eigenvalue weighted by molar-refractivity contribution is 6.39. The molecule has 5 heteroatoms. The number of carbonyl (C=O) groups excluding carboxylic acids is 2. The summed E-state index contributed by atoms with van der Waals surface area (Å²) in [7, 11) is 0. The van der Waals surface area contributed by atoms with Gasteiger partial charge in [-0.2, -0.15) is 0 Å². The first-order valence-corrected chi connectivity index (χ1v) is 7.91. The fraction of sp³-hybridized carbons (Fsp3) is 0.263. The Morgan fingerprint density at radius 3 is 2.33 bits per heavy atom. The zero-order valence-electron chi connectivity index (χ0n) is 13.4. The maximum atomic E-state index is 13.0. The standard InChI is InChI=1S/C19H19FN2O2/c1-13-4-2-3-5-16(13)22-18(24)17(23)21-12-19(10-11-19)14-6-8-15(20)9-7-14/h2-9H,10-12H2,1H3,(H,21,23)(H,22,24). The van der Waals surface area contributed by atoms with Crippen LogP contribution in [0.1, 0.15) is 24.0 Å². The number of rotatable bonds is 4. The Morgan fingerprint density at radius 1 is 1.04 bits per heavy atom. The zero-order valence-corrected chi connectivity index (χ0v) is 13.4. The number of halogens is 1. The number of aryl methyl sites for hydroxylation is 1. The van der Waals surface area contributed by atoms with Gasteiger partial charge >= 0.3 is 11.8 Å². The Bertz CT molecular complexity index is 767. The Balaban J connectivity index is 1.58. The minimum Gasteiger partial charge on any atom is -0.347 e. The molecule has 1 aliphatic carbocycles. The predicted molar refractivity (Wildman–Crippen MR) is 90.1 cm³/mol. The highest BCUT2D eigenvalue weighted by Crippen LogP contribution is 2.47. The highest BCUT2D eigenvalue weighted by atomic mass is 19.1. The topological polar surface area (TPSA) is 58.2 Å². The summed E-state index contributed by atoms with van der Waals surface area (Å²) in [5.74, 6) is -1.62. The van der Waals surface area contributed by atoms with Crippen molar-refractivity contribution in [3.8, 4) is 0 Å². The molecule has 3 rings (SSSR count). The molecule has 0 saturated heterocycles. The van der Waals surface area contributed by atoms with E-state index in [2.05, 4.69) is 10.6 Å². The van der Waals surface area contributed by atoms with Crippen molar-refractivity contribution in [1.29, 1.82) is 0 Å². The van der Waals surface area contributed by atoms with Gasteiger partial charge in [-0.05, 0) is 49.1 Å². The molecule has 2 amide bonds. The predicted octanol–water partition coefficient (Wildman–Crippen LogP) is 2.92. The van der Waals surface area contributed by atoms with Gasteiger partial charge in [0.1, 0.15) is 5.82 Å². The van der Waals surface area contributed by atoms with Crippen LogP contribution in [-0.4, -0.2) is 18.4 Å². The number of anilines is 1. The van der Waals surface area contributed by atoms with E-state index < -0.39 is 11.8 Å². The molecule has 2 N–H and O–H groups in total. The van der Waals surface area contributed by atoms with E-state index in [1.54, 1.807) is 24.3 Å². The molecule has 0 aromatic heterocycles. The average Bonchev–Trinajstić information content (AvgIpc) is 3.36. The summed E-state index contributed by atoms with van der Waals surface area (Å²) in [5, 5.41) is 5.31. The Kier molecular flexibility index (Phi) is 4.34. The van der Waals surface area contributed by atoms with Gasteiger partial charge in [-0.15, -0.1) is 0 Å². The highest BCUT2D eigenvalue weighted by Gasteiger charge is 2.44. The van der Waals surface area contributed by atoms with Crippen LogP contribution >= 0.6 is 0 Å². The summed E-state index contributed by atoms with van der Waals surface area (Å²) in [5.41, 5.74) is 2.33. The molecule has 2 aromatic rings. The van der Waals surface area contributed by atoms with E-state index in [1.165, 1.54) is 12.1 Å². The van der Waals surface area contributed by atoms with Gasteiger partial charge in [0.25, 0.3) is 0 Å². The number of benzene rings is 2. The van der Waals surface area contributed by atoms with Crippen LogP contribution in [0.4, 0.5) is 10.1 Å². The number of nitrogens with one attached hydrogen (secondary N) is 2. The summed E-state index contributed by atoms with van der Waals surface area (Å²) in [6, 6.07) is 13.6. The smallest absolute Gasteiger partial charge is 0.313 e. The first kappa shape index (κ1) is 16.2. The third-order valence-electron chi connectivity index (χ3n) is 4.50. The van der Waals surface area contributed by atoms with Crippen molar-refractivity contribution < 1.29 is 14.0 Å². The molecule has 0 radical (unpaired) electrons. The Labute approximate surface area is 140 Å². The van der Waals surface area contributed by atoms with Crippen LogP contribution in [0, 0.1) is 12.7 Å². The molecule has 0 unspecified atom stereocenters. The summed E-state index contributed by atoms with van der Waals surface area (Å²) < 4.78 is 13.0. The maximum absolute atomic E-state index is 13.0. The second-order valence-electron chi connectivity index (χ2n) is 6.24. The van der Waals surface area contributed by atoms with Crippen molar-refractivity contribution in [2.75, 3.05) is 11.9 Å². The van der Waals surface area contributed by atoms with Gasteiger partial charge in [-0.25, -0.2) is 4.39 Å². The molecule has 0 atom stereocenters. The lowest BCUT2D eigenvalue weighted by molar-refractivity contribution is -0.136. The van der Waals surface area contributed by atoms with Gasteiger partial charge < -0.3 is 10.6 Å². The second-order valence-corrected chi connectivity index (χ2v) is 6.24. The number of amides is 2. The molecule has 1 aliphatic rings. The average molecular weight is 326 g/mol. The van der Waals surface area contributed by atoms with Crippen LogP contribution in [0.5, 0.6) is 0 Å². The zero-order chi connectivity index (χ0) is 17.2. The summed E-state index contributed by atoms with van der Waals surface area (Å²) >= 11 is 0. The first-order chi connectivity index (χ1) is 11.5. The van der Waals surface area contributed by atoms with Crippen molar-refractivity contribution in [2.24, 2.45) is 0 Å². The molecular formula is C19H19FN2O2. The van der Waals surface area contributed by atoms with Crippen LogP contribution in [0.2, 0.25) is 0 Å². The molecule has 0 spiro atoms. The van der Waals surface area contributed by atoms with Gasteiger partial charge in [-0.3, -0.25) is 9.59 Å². The van der Waals surface area contributed by atoms with Gasteiger partial charge in [0, 0.05) is 17.6 Å². The van der Waals surface area contributed by atoms with Crippen LogP contribution in [-0.2, 0) is 15.0 Å². The van der Waals surface area contributed by atoms with Gasteiger partial charge in [0.15, 0.2) is 0 Å². The number of carbonyl (C=O) groups is 2. The lowest BCUT2D eigenvalue weighted by Gasteiger charge is -2.16. The second kappa shape index (κ2) is 6.43. The van der Waals surface area contributed by atoms with Gasteiger partial charge in [0.2, 0.25) is 0 Å². The van der Waals surface area contributed by atoms with Crippen molar-refractivity contribution in [3.63, 3.8) is 0 Å². The fourth-order valence-corrected chi connectivity index (χ4v) is 2.74. The van der Waals surface area contributed by atoms with Crippen molar-refractivity contribution in [1.82, 2.24) is 5.32 Å². The van der Waals surface area contributed by atoms with Crippen molar-refractivity contribution in [3.05, 3.63) is 65.5 Å². The van der Waals surface area contributed by atoms with E-state index in [-0.39, 0.29) is 11.2 Å². The molecule has 24 heavy (non-hydrogen) atoms. The van der Waals surface area contributed by atoms with E-state index in [4.69, 9.17) is 0 Å². The normalized spacial score (nSPS) is 14.8. The van der Waals surface area contributed by atoms with Gasteiger partial charge in [0.05, 0.1) is 0 Å². The number of hydrogen-bond donors (Lipinski definition) is 2. The molecule has 124 valence electrons. The molecule has 0 aliphatic heterocycles. The van der Waals surface area contributed by atoms with E-state index in [0.29, 0.717) is 12.2 Å². The summed E-state index contributed by atoms with van der Waals surface area (Å²) in [6.07, 6.45) is 1.83. The van der Waals surface area contributed by atoms with Crippen LogP contribution in [0.15, 0.2) is 48.5 Å². The summed E-state index contributed by atoms with van der Waals surface area (Å²) in [6.45, 7) is 2.24. The Morgan fingerprint density at radius 2 is 1.71 bits per heavy atom. The fourth-order valence-electron chi connectivity index (χ4n) is 2.74. The van der Waals surface area contributed by atoms with Crippen LogP contribution < -0.4 is 10.6 Å². The molecule has 0 bridgehead atoms. The molecule has 1 fully saturated rings. The number of para-hydroxylation sites is 1. The lowest BCUT2D eigenvalue weighted by atomic mass is 9.96. The van der Waals surface area contributed by atoms with E-state index >= 15 is 0 Å². The maximum Gasteiger partial charge on any atom is 0.313 e. The van der Waals surface area contributed by atoms with Gasteiger partial charge in [-0.1, -0.05) is 30.3 Å². The SMILES string of the molecule is Cc1ccccc1NC(=O)C(=O)NCC1(c2ccc(F)cc2)CC1. The van der Waals surface area contributed by atoms with Crippen molar-refractivity contribution in [2.45, 2.75) is 25.2 Å². The van der Waals surface area contributed by atoms with Crippen LogP contribution in [0.3, 0.4) is 0 Å². The van der Waals surface area contributed by atoms with E-state index in [1.807, 2.05) is 19.1 Å². The minimum absolute atomic E-state index is 0.174. The molecule has 4 nitrogen and oxygen atoms in total. The Hall–Kier alpha value is -2.69. The largest absolute Gasteiger partial charge is 0.347 e. The molecule has 0 heterocycles. The van der Waals surface area contributed by atoms with E-state index in [9.17, 15) is 14.0 Å². The van der Waals surface area contributed by atoms with E-state index in [0.717, 1.165) is 24.0 Å².